The van der Waals surface area contributed by atoms with E-state index in [1.807, 2.05) is 6.92 Å². The number of hydrogen-bond acceptors (Lipinski definition) is 3. The maximum absolute atomic E-state index is 11.2. The lowest BCUT2D eigenvalue weighted by molar-refractivity contribution is -0.150. The van der Waals surface area contributed by atoms with Gasteiger partial charge in [-0.2, -0.15) is 0 Å². The molecule has 0 rings (SSSR count). The topological polar surface area (TPSA) is 43.4 Å². The van der Waals surface area contributed by atoms with Crippen molar-refractivity contribution in [3.63, 3.8) is 0 Å². The number of esters is 1. The van der Waals surface area contributed by atoms with Gasteiger partial charge in [0.2, 0.25) is 0 Å². The van der Waals surface area contributed by atoms with Gasteiger partial charge < -0.3 is 4.74 Å². The lowest BCUT2D eigenvalue weighted by atomic mass is 10.1. The quantitative estimate of drug-likeness (QED) is 0.273. The van der Waals surface area contributed by atoms with Crippen molar-refractivity contribution < 1.29 is 14.3 Å². The lowest BCUT2D eigenvalue weighted by Crippen LogP contribution is -2.18. The second-order valence-corrected chi connectivity index (χ2v) is 4.27. The fourth-order valence-electron chi connectivity index (χ4n) is 1.39. The molecule has 0 aromatic carbocycles. The molecule has 0 saturated carbocycles. The van der Waals surface area contributed by atoms with Crippen LogP contribution in [0, 0.1) is 0 Å². The Balaban J connectivity index is 3.58. The molecule has 94 valence electrons. The largest absolute Gasteiger partial charge is 0.462 e. The number of alkyl halides is 1. The number of carbonyl (C=O) groups is 2. The molecule has 0 heterocycles. The first-order valence-corrected chi connectivity index (χ1v) is 6.40. The van der Waals surface area contributed by atoms with Crippen LogP contribution in [0.4, 0.5) is 0 Å². The molecule has 0 fully saturated rings. The zero-order valence-corrected chi connectivity index (χ0v) is 10.9. The number of unbranched alkanes of at least 4 members (excludes halogenated alkanes) is 3. The Bertz CT molecular complexity index is 216. The molecule has 0 aliphatic rings. The summed E-state index contributed by atoms with van der Waals surface area (Å²) in [6.07, 6.45) is 5.19. The monoisotopic (exact) mass is 248 g/mol. The van der Waals surface area contributed by atoms with Gasteiger partial charge in [-0.25, -0.2) is 0 Å². The van der Waals surface area contributed by atoms with E-state index in [4.69, 9.17) is 16.3 Å². The molecular formula is C12H21ClO3. The van der Waals surface area contributed by atoms with Gasteiger partial charge in [0, 0.05) is 0 Å². The average molecular weight is 249 g/mol. The van der Waals surface area contributed by atoms with Crippen LogP contribution in [-0.4, -0.2) is 23.7 Å². The third kappa shape index (κ3) is 8.72. The van der Waals surface area contributed by atoms with Crippen LogP contribution in [0.3, 0.4) is 0 Å². The van der Waals surface area contributed by atoms with E-state index in [2.05, 4.69) is 6.92 Å². The van der Waals surface area contributed by atoms with Gasteiger partial charge in [0.1, 0.15) is 6.42 Å². The number of carbonyl (C=O) groups excluding carboxylic acids is 2. The summed E-state index contributed by atoms with van der Waals surface area (Å²) in [6, 6.07) is 0. The number of halogens is 1. The summed E-state index contributed by atoms with van der Waals surface area (Å²) in [7, 11) is 0. The van der Waals surface area contributed by atoms with Gasteiger partial charge in [-0.05, 0) is 19.8 Å². The Morgan fingerprint density at radius 1 is 1.25 bits per heavy atom. The molecule has 0 N–H and O–H groups in total. The van der Waals surface area contributed by atoms with E-state index in [1.165, 1.54) is 19.3 Å². The van der Waals surface area contributed by atoms with Crippen molar-refractivity contribution in [3.8, 4) is 0 Å². The zero-order chi connectivity index (χ0) is 12.4. The van der Waals surface area contributed by atoms with Gasteiger partial charge in [-0.3, -0.25) is 9.59 Å². The molecule has 0 amide bonds. The highest BCUT2D eigenvalue weighted by Gasteiger charge is 2.12. The average Bonchev–Trinajstić information content (AvgIpc) is 2.24. The van der Waals surface area contributed by atoms with E-state index in [0.717, 1.165) is 12.8 Å². The Kier molecular flexibility index (Phi) is 9.30. The SMILES string of the molecule is CCCCCC[C@@H](C)OC(=O)CC(=O)CCl. The fraction of sp³-hybridized carbons (Fsp3) is 0.833. The van der Waals surface area contributed by atoms with Crippen molar-refractivity contribution in [2.75, 3.05) is 5.88 Å². The highest BCUT2D eigenvalue weighted by Crippen LogP contribution is 2.08. The van der Waals surface area contributed by atoms with Gasteiger partial charge in [0.15, 0.2) is 5.78 Å². The minimum atomic E-state index is -0.464. The van der Waals surface area contributed by atoms with E-state index in [0.29, 0.717) is 0 Å². The second-order valence-electron chi connectivity index (χ2n) is 4.00. The molecule has 1 atom stereocenters. The molecule has 0 bridgehead atoms. The van der Waals surface area contributed by atoms with Crippen molar-refractivity contribution >= 4 is 23.4 Å². The van der Waals surface area contributed by atoms with Crippen LogP contribution in [0.1, 0.15) is 52.4 Å². The third-order valence-electron chi connectivity index (χ3n) is 2.29. The summed E-state index contributed by atoms with van der Waals surface area (Å²) in [5.74, 6) is -0.876. The van der Waals surface area contributed by atoms with E-state index < -0.39 is 5.97 Å². The molecule has 0 unspecified atom stereocenters. The van der Waals surface area contributed by atoms with Crippen molar-refractivity contribution in [3.05, 3.63) is 0 Å². The molecule has 4 heteroatoms. The van der Waals surface area contributed by atoms with Gasteiger partial charge in [-0.15, -0.1) is 11.6 Å². The van der Waals surface area contributed by atoms with Crippen molar-refractivity contribution in [2.45, 2.75) is 58.5 Å². The van der Waals surface area contributed by atoms with Crippen molar-refractivity contribution in [1.82, 2.24) is 0 Å². The zero-order valence-electron chi connectivity index (χ0n) is 10.1. The molecule has 0 aliphatic heterocycles. The number of hydrogen-bond donors (Lipinski definition) is 0. The Hall–Kier alpha value is -0.570. The van der Waals surface area contributed by atoms with Gasteiger partial charge in [0.25, 0.3) is 0 Å². The summed E-state index contributed by atoms with van der Waals surface area (Å²) in [4.78, 5) is 22.1. The Morgan fingerprint density at radius 3 is 2.50 bits per heavy atom. The highest BCUT2D eigenvalue weighted by molar-refractivity contribution is 6.28. The highest BCUT2D eigenvalue weighted by atomic mass is 35.5. The standard InChI is InChI=1S/C12H21ClO3/c1-3-4-5-6-7-10(2)16-12(15)8-11(14)9-13/h10H,3-9H2,1-2H3/t10-/m1/s1. The molecule has 0 aromatic rings. The van der Waals surface area contributed by atoms with Gasteiger partial charge >= 0.3 is 5.97 Å². The molecule has 16 heavy (non-hydrogen) atoms. The summed E-state index contributed by atoms with van der Waals surface area (Å²) >= 11 is 5.29. The molecule has 0 saturated heterocycles. The van der Waals surface area contributed by atoms with Crippen LogP contribution >= 0.6 is 11.6 Å². The number of Topliss-reactive ketones (excluding diaryl/α,β-unsaturated/α-hetero) is 1. The molecule has 3 nitrogen and oxygen atoms in total. The number of rotatable bonds is 9. The van der Waals surface area contributed by atoms with Crippen LogP contribution < -0.4 is 0 Å². The lowest BCUT2D eigenvalue weighted by Gasteiger charge is -2.12. The van der Waals surface area contributed by atoms with E-state index in [-0.39, 0.29) is 24.2 Å². The molecule has 0 radical (unpaired) electrons. The molecule has 0 aliphatic carbocycles. The van der Waals surface area contributed by atoms with Crippen LogP contribution in [0.2, 0.25) is 0 Å². The maximum Gasteiger partial charge on any atom is 0.313 e. The number of ketones is 1. The molecular weight excluding hydrogens is 228 g/mol. The van der Waals surface area contributed by atoms with Crippen LogP contribution in [0.5, 0.6) is 0 Å². The molecule has 0 spiro atoms. The van der Waals surface area contributed by atoms with Gasteiger partial charge in [-0.1, -0.05) is 26.2 Å². The van der Waals surface area contributed by atoms with E-state index >= 15 is 0 Å². The van der Waals surface area contributed by atoms with Crippen LogP contribution in [0.15, 0.2) is 0 Å². The summed E-state index contributed by atoms with van der Waals surface area (Å²) < 4.78 is 5.08. The predicted molar refractivity (Wildman–Crippen MR) is 64.7 cm³/mol. The summed E-state index contributed by atoms with van der Waals surface area (Å²) in [5, 5.41) is 0. The summed E-state index contributed by atoms with van der Waals surface area (Å²) in [6.45, 7) is 4.01. The predicted octanol–water partition coefficient (Wildman–Crippen LogP) is 3.09. The molecule has 0 aromatic heterocycles. The minimum absolute atomic E-state index is 0.104. The Morgan fingerprint density at radius 2 is 1.94 bits per heavy atom. The van der Waals surface area contributed by atoms with E-state index in [1.54, 1.807) is 0 Å². The Labute approximate surface area is 102 Å². The van der Waals surface area contributed by atoms with E-state index in [9.17, 15) is 9.59 Å². The van der Waals surface area contributed by atoms with Crippen molar-refractivity contribution in [2.24, 2.45) is 0 Å². The van der Waals surface area contributed by atoms with Crippen molar-refractivity contribution in [1.29, 1.82) is 0 Å². The minimum Gasteiger partial charge on any atom is -0.462 e. The fourth-order valence-corrected chi connectivity index (χ4v) is 1.49. The summed E-state index contributed by atoms with van der Waals surface area (Å²) in [5.41, 5.74) is 0. The number of ether oxygens (including phenoxy) is 1. The second kappa shape index (κ2) is 9.64. The first-order valence-electron chi connectivity index (χ1n) is 5.87. The first kappa shape index (κ1) is 15.4. The van der Waals surface area contributed by atoms with Crippen LogP contribution in [0.25, 0.3) is 0 Å². The first-order chi connectivity index (χ1) is 7.60. The third-order valence-corrected chi connectivity index (χ3v) is 2.59. The maximum atomic E-state index is 11.2. The normalized spacial score (nSPS) is 12.2. The smallest absolute Gasteiger partial charge is 0.313 e. The van der Waals surface area contributed by atoms with Crippen LogP contribution in [-0.2, 0) is 14.3 Å². The van der Waals surface area contributed by atoms with Gasteiger partial charge in [0.05, 0.1) is 12.0 Å².